The molecule has 1 N–H and O–H groups in total. The predicted molar refractivity (Wildman–Crippen MR) is 112 cm³/mol. The van der Waals surface area contributed by atoms with E-state index in [1.165, 1.54) is 19.1 Å². The van der Waals surface area contributed by atoms with Gasteiger partial charge in [0.25, 0.3) is 0 Å². The van der Waals surface area contributed by atoms with Gasteiger partial charge in [0.15, 0.2) is 5.75 Å². The van der Waals surface area contributed by atoms with Crippen molar-refractivity contribution in [2.75, 3.05) is 0 Å². The lowest BCUT2D eigenvalue weighted by molar-refractivity contribution is -0.136. The van der Waals surface area contributed by atoms with E-state index in [-0.39, 0.29) is 23.0 Å². The highest BCUT2D eigenvalue weighted by Crippen LogP contribution is 2.31. The Kier molecular flexibility index (Phi) is 6.74. The predicted octanol–water partition coefficient (Wildman–Crippen LogP) is 4.23. The number of hydrogen-bond donors (Lipinski definition) is 1. The van der Waals surface area contributed by atoms with Gasteiger partial charge in [-0.05, 0) is 30.5 Å². The highest BCUT2D eigenvalue weighted by Gasteiger charge is 2.21. The van der Waals surface area contributed by atoms with Crippen molar-refractivity contribution >= 4 is 34.6 Å². The lowest BCUT2D eigenvalue weighted by Crippen LogP contribution is -2.41. The molecule has 0 aliphatic heterocycles. The molecule has 0 aliphatic rings. The molecule has 1 aromatic heterocycles. The Balaban J connectivity index is 1.66. The van der Waals surface area contributed by atoms with Crippen LogP contribution in [0.3, 0.4) is 0 Å². The Morgan fingerprint density at radius 3 is 2.60 bits per heavy atom. The van der Waals surface area contributed by atoms with Crippen LogP contribution in [0.2, 0.25) is 5.02 Å². The lowest BCUT2D eigenvalue weighted by atomic mass is 10.1. The summed E-state index contributed by atoms with van der Waals surface area (Å²) in [5, 5.41) is 3.25. The Morgan fingerprint density at radius 2 is 1.90 bits per heavy atom. The molecule has 0 saturated carbocycles. The van der Waals surface area contributed by atoms with Crippen molar-refractivity contribution in [2.24, 2.45) is 0 Å². The van der Waals surface area contributed by atoms with Crippen LogP contribution in [-0.4, -0.2) is 18.1 Å². The van der Waals surface area contributed by atoms with Crippen LogP contribution < -0.4 is 15.7 Å². The van der Waals surface area contributed by atoms with Crippen molar-refractivity contribution < 1.29 is 23.5 Å². The smallest absolute Gasteiger partial charge is 0.408 e. The zero-order valence-electron chi connectivity index (χ0n) is 16.4. The summed E-state index contributed by atoms with van der Waals surface area (Å²) in [6.45, 7) is 3.43. The van der Waals surface area contributed by atoms with Gasteiger partial charge < -0.3 is 19.2 Å². The van der Waals surface area contributed by atoms with E-state index in [2.05, 4.69) is 5.32 Å². The maximum Gasteiger partial charge on any atom is 0.408 e. The molecular weight excluding hydrogens is 410 g/mol. The van der Waals surface area contributed by atoms with Gasteiger partial charge in [0.2, 0.25) is 0 Å². The first-order chi connectivity index (χ1) is 14.4. The normalized spacial score (nSPS) is 11.7. The van der Waals surface area contributed by atoms with Gasteiger partial charge in [0.1, 0.15) is 18.2 Å². The number of aryl methyl sites for hydroxylation is 1. The van der Waals surface area contributed by atoms with Gasteiger partial charge in [-0.1, -0.05) is 48.9 Å². The molecule has 0 bridgehead atoms. The fourth-order valence-electron chi connectivity index (χ4n) is 2.80. The molecule has 3 rings (SSSR count). The highest BCUT2D eigenvalue weighted by molar-refractivity contribution is 6.33. The number of nitrogens with one attached hydrogen (secondary N) is 1. The van der Waals surface area contributed by atoms with Crippen LogP contribution >= 0.6 is 11.6 Å². The molecule has 1 heterocycles. The zero-order valence-corrected chi connectivity index (χ0v) is 17.2. The van der Waals surface area contributed by atoms with Crippen LogP contribution in [0.5, 0.6) is 5.75 Å². The maximum atomic E-state index is 12.4. The van der Waals surface area contributed by atoms with E-state index >= 15 is 0 Å². The van der Waals surface area contributed by atoms with E-state index in [1.807, 2.05) is 37.3 Å². The standard InChI is InChI=1S/C22H20ClNO6/c1-3-15-9-20(25)29-18-11-19(17(23)10-16(15)18)30-21(26)13(2)24-22(27)28-12-14-7-5-4-6-8-14/h4-11,13H,3,12H2,1-2H3,(H,24,27). The molecule has 156 valence electrons. The summed E-state index contributed by atoms with van der Waals surface area (Å²) < 4.78 is 15.6. The van der Waals surface area contributed by atoms with E-state index in [9.17, 15) is 14.4 Å². The van der Waals surface area contributed by atoms with Crippen molar-refractivity contribution in [3.8, 4) is 5.75 Å². The van der Waals surface area contributed by atoms with Gasteiger partial charge in [0.05, 0.1) is 5.02 Å². The number of alkyl carbamates (subject to hydrolysis) is 1. The van der Waals surface area contributed by atoms with Gasteiger partial charge in [-0.3, -0.25) is 0 Å². The molecule has 30 heavy (non-hydrogen) atoms. The quantitative estimate of drug-likeness (QED) is 0.358. The summed E-state index contributed by atoms with van der Waals surface area (Å²) in [6, 6.07) is 12.5. The Bertz CT molecular complexity index is 1130. The molecule has 0 saturated heterocycles. The van der Waals surface area contributed by atoms with E-state index < -0.39 is 23.7 Å². The monoisotopic (exact) mass is 429 g/mol. The first kappa shape index (κ1) is 21.4. The second kappa shape index (κ2) is 9.45. The minimum Gasteiger partial charge on any atom is -0.445 e. The molecule has 1 atom stereocenters. The molecule has 8 heteroatoms. The van der Waals surface area contributed by atoms with Crippen LogP contribution in [0, 0.1) is 0 Å². The summed E-state index contributed by atoms with van der Waals surface area (Å²) >= 11 is 6.23. The first-order valence-electron chi connectivity index (χ1n) is 9.32. The minimum atomic E-state index is -0.992. The molecule has 0 aliphatic carbocycles. The minimum absolute atomic E-state index is 0.0249. The number of hydrogen-bond acceptors (Lipinski definition) is 6. The molecule has 1 amide bonds. The molecule has 3 aromatic rings. The zero-order chi connectivity index (χ0) is 21.7. The number of carbonyl (C=O) groups is 2. The van der Waals surface area contributed by atoms with Crippen LogP contribution in [0.15, 0.2) is 57.7 Å². The number of rotatable bonds is 6. The van der Waals surface area contributed by atoms with Crippen molar-refractivity contribution in [1.82, 2.24) is 5.32 Å². The van der Waals surface area contributed by atoms with Gasteiger partial charge in [-0.15, -0.1) is 0 Å². The number of halogens is 1. The van der Waals surface area contributed by atoms with Crippen LogP contribution in [0.25, 0.3) is 11.0 Å². The number of carbonyl (C=O) groups excluding carboxylic acids is 2. The molecule has 0 fully saturated rings. The second-order valence-electron chi connectivity index (χ2n) is 6.57. The number of benzene rings is 2. The third-order valence-corrected chi connectivity index (χ3v) is 4.67. The van der Waals surface area contributed by atoms with E-state index in [4.69, 9.17) is 25.5 Å². The molecule has 7 nitrogen and oxygen atoms in total. The van der Waals surface area contributed by atoms with E-state index in [1.54, 1.807) is 6.07 Å². The van der Waals surface area contributed by atoms with Crippen molar-refractivity contribution in [2.45, 2.75) is 32.9 Å². The first-order valence-corrected chi connectivity index (χ1v) is 9.70. The number of fused-ring (bicyclic) bond motifs is 1. The van der Waals surface area contributed by atoms with Crippen molar-refractivity contribution in [1.29, 1.82) is 0 Å². The number of amides is 1. The third kappa shape index (κ3) is 5.18. The Hall–Kier alpha value is -3.32. The largest absolute Gasteiger partial charge is 0.445 e. The average Bonchev–Trinajstić information content (AvgIpc) is 2.73. The van der Waals surface area contributed by atoms with Crippen LogP contribution in [0.1, 0.15) is 25.0 Å². The molecule has 0 radical (unpaired) electrons. The van der Waals surface area contributed by atoms with Crippen molar-refractivity contribution in [3.63, 3.8) is 0 Å². The molecular formula is C22H20ClNO6. The average molecular weight is 430 g/mol. The summed E-state index contributed by atoms with van der Waals surface area (Å²) in [7, 11) is 0. The van der Waals surface area contributed by atoms with Crippen LogP contribution in [0.4, 0.5) is 4.79 Å². The summed E-state index contributed by atoms with van der Waals surface area (Å²) in [5.41, 5.74) is 1.35. The highest BCUT2D eigenvalue weighted by atomic mass is 35.5. The van der Waals surface area contributed by atoms with Gasteiger partial charge in [-0.25, -0.2) is 14.4 Å². The Labute approximate surface area is 177 Å². The van der Waals surface area contributed by atoms with Crippen LogP contribution in [-0.2, 0) is 22.6 Å². The third-order valence-electron chi connectivity index (χ3n) is 4.37. The molecule has 0 spiro atoms. The number of esters is 1. The lowest BCUT2D eigenvalue weighted by Gasteiger charge is -2.14. The SMILES string of the molecule is CCc1cc(=O)oc2cc(OC(=O)C(C)NC(=O)OCc3ccccc3)c(Cl)cc12. The van der Waals surface area contributed by atoms with E-state index in [0.717, 1.165) is 11.1 Å². The van der Waals surface area contributed by atoms with Crippen molar-refractivity contribution in [3.05, 3.63) is 75.1 Å². The van der Waals surface area contributed by atoms with Gasteiger partial charge in [0, 0.05) is 17.5 Å². The van der Waals surface area contributed by atoms with Gasteiger partial charge >= 0.3 is 17.7 Å². The summed E-state index contributed by atoms with van der Waals surface area (Å²) in [5.74, 6) is -0.723. The fraction of sp³-hybridized carbons (Fsp3) is 0.227. The summed E-state index contributed by atoms with van der Waals surface area (Å²) in [6.07, 6.45) is -0.143. The Morgan fingerprint density at radius 1 is 1.17 bits per heavy atom. The topological polar surface area (TPSA) is 94.8 Å². The second-order valence-corrected chi connectivity index (χ2v) is 6.98. The van der Waals surface area contributed by atoms with Gasteiger partial charge in [-0.2, -0.15) is 0 Å². The molecule has 1 unspecified atom stereocenters. The maximum absolute atomic E-state index is 12.4. The summed E-state index contributed by atoms with van der Waals surface area (Å²) in [4.78, 5) is 36.0. The number of ether oxygens (including phenoxy) is 2. The molecule has 2 aromatic carbocycles. The van der Waals surface area contributed by atoms with E-state index in [0.29, 0.717) is 11.8 Å². The fourth-order valence-corrected chi connectivity index (χ4v) is 3.00.